The van der Waals surface area contributed by atoms with E-state index < -0.39 is 55.4 Å². The first-order valence-electron chi connectivity index (χ1n) is 24.0. The number of carbonyl (C=O) groups excluding carboxylic acids is 2. The Bertz CT molecular complexity index is 1220. The number of hydrogen-bond donors (Lipinski definition) is 4. The van der Waals surface area contributed by atoms with Crippen LogP contribution in [0.2, 0.25) is 0 Å². The summed E-state index contributed by atoms with van der Waals surface area (Å²) in [6.45, 7) is 3.26. The van der Waals surface area contributed by atoms with E-state index in [4.69, 9.17) is 18.9 Å². The second-order valence-electron chi connectivity index (χ2n) is 16.2. The van der Waals surface area contributed by atoms with Gasteiger partial charge in [0.15, 0.2) is 12.4 Å². The van der Waals surface area contributed by atoms with E-state index in [0.717, 1.165) is 96.3 Å². The van der Waals surface area contributed by atoms with E-state index in [0.29, 0.717) is 12.8 Å². The van der Waals surface area contributed by atoms with E-state index in [-0.39, 0.29) is 26.1 Å². The van der Waals surface area contributed by atoms with Crippen molar-refractivity contribution in [3.8, 4) is 0 Å². The van der Waals surface area contributed by atoms with Crippen molar-refractivity contribution in [3.63, 3.8) is 0 Å². The molecule has 0 aromatic heterocycles. The maximum atomic E-state index is 12.8. The molecule has 0 saturated carbocycles. The van der Waals surface area contributed by atoms with E-state index >= 15 is 0 Å². The van der Waals surface area contributed by atoms with Gasteiger partial charge in [0.1, 0.15) is 31.0 Å². The van der Waals surface area contributed by atoms with E-state index in [1.807, 2.05) is 0 Å². The minimum Gasteiger partial charge on any atom is -0.462 e. The van der Waals surface area contributed by atoms with E-state index in [9.17, 15) is 30.0 Å². The topological polar surface area (TPSA) is 152 Å². The summed E-state index contributed by atoms with van der Waals surface area (Å²) in [7, 11) is 0. The fourth-order valence-electron chi connectivity index (χ4n) is 6.80. The summed E-state index contributed by atoms with van der Waals surface area (Å²) < 4.78 is 22.2. The molecule has 350 valence electrons. The van der Waals surface area contributed by atoms with Crippen LogP contribution < -0.4 is 0 Å². The van der Waals surface area contributed by atoms with E-state index in [2.05, 4.69) is 86.8 Å². The van der Waals surface area contributed by atoms with Gasteiger partial charge in [-0.15, -0.1) is 0 Å². The summed E-state index contributed by atoms with van der Waals surface area (Å²) in [6.07, 6.45) is 44.7. The van der Waals surface area contributed by atoms with Crippen LogP contribution in [0.15, 0.2) is 72.9 Å². The predicted octanol–water partition coefficient (Wildman–Crippen LogP) is 10.8. The molecule has 6 unspecified atom stereocenters. The third-order valence-corrected chi connectivity index (χ3v) is 10.6. The van der Waals surface area contributed by atoms with Crippen molar-refractivity contribution in [2.75, 3.05) is 19.8 Å². The molecule has 1 heterocycles. The Balaban J connectivity index is 2.32. The summed E-state index contributed by atoms with van der Waals surface area (Å²) in [6, 6.07) is 0. The smallest absolute Gasteiger partial charge is 0.306 e. The average molecular weight is 859 g/mol. The van der Waals surface area contributed by atoms with Crippen molar-refractivity contribution in [2.24, 2.45) is 0 Å². The highest BCUT2D eigenvalue weighted by Gasteiger charge is 2.44. The van der Waals surface area contributed by atoms with E-state index in [1.165, 1.54) is 44.9 Å². The van der Waals surface area contributed by atoms with Gasteiger partial charge in [-0.25, -0.2) is 0 Å². The first-order valence-corrected chi connectivity index (χ1v) is 24.0. The minimum absolute atomic E-state index is 0.208. The number of carbonyl (C=O) groups is 2. The van der Waals surface area contributed by atoms with Gasteiger partial charge in [0.05, 0.1) is 13.2 Å². The molecule has 6 atom stereocenters. The molecule has 1 rings (SSSR count). The van der Waals surface area contributed by atoms with Crippen LogP contribution in [0.25, 0.3) is 0 Å². The highest BCUT2D eigenvalue weighted by atomic mass is 16.7. The molecule has 0 bridgehead atoms. The first-order chi connectivity index (χ1) is 29.8. The van der Waals surface area contributed by atoms with Gasteiger partial charge in [-0.05, 0) is 83.5 Å². The quantitative estimate of drug-likeness (QED) is 0.0267. The molecule has 0 aromatic carbocycles. The van der Waals surface area contributed by atoms with Crippen LogP contribution in [0.1, 0.15) is 181 Å². The molecule has 1 saturated heterocycles. The number of unbranched alkanes of at least 4 members (excludes halogenated alkanes) is 16. The monoisotopic (exact) mass is 859 g/mol. The van der Waals surface area contributed by atoms with Crippen LogP contribution >= 0.6 is 0 Å². The second-order valence-corrected chi connectivity index (χ2v) is 16.2. The van der Waals surface area contributed by atoms with Crippen molar-refractivity contribution in [1.82, 2.24) is 0 Å². The lowest BCUT2D eigenvalue weighted by Crippen LogP contribution is -2.59. The van der Waals surface area contributed by atoms with Gasteiger partial charge < -0.3 is 39.4 Å². The second kappa shape index (κ2) is 41.2. The maximum absolute atomic E-state index is 12.8. The lowest BCUT2D eigenvalue weighted by molar-refractivity contribution is -0.305. The van der Waals surface area contributed by atoms with E-state index in [1.54, 1.807) is 0 Å². The zero-order chi connectivity index (χ0) is 44.4. The average Bonchev–Trinajstić information content (AvgIpc) is 3.26. The molecule has 0 radical (unpaired) electrons. The Hall–Kier alpha value is -2.86. The molecule has 61 heavy (non-hydrogen) atoms. The summed E-state index contributed by atoms with van der Waals surface area (Å²) in [5.41, 5.74) is 0. The van der Waals surface area contributed by atoms with Crippen LogP contribution in [0.5, 0.6) is 0 Å². The van der Waals surface area contributed by atoms with Crippen LogP contribution in [-0.2, 0) is 28.5 Å². The predicted molar refractivity (Wildman–Crippen MR) is 247 cm³/mol. The molecular weight excluding hydrogens is 773 g/mol. The zero-order valence-corrected chi connectivity index (χ0v) is 38.1. The first kappa shape index (κ1) is 56.2. The summed E-state index contributed by atoms with van der Waals surface area (Å²) in [5.74, 6) is -0.836. The van der Waals surface area contributed by atoms with Crippen molar-refractivity contribution < 1.29 is 49.0 Å². The van der Waals surface area contributed by atoms with Crippen LogP contribution in [0, 0.1) is 0 Å². The Morgan fingerprint density at radius 2 is 0.967 bits per heavy atom. The van der Waals surface area contributed by atoms with Crippen LogP contribution in [0.3, 0.4) is 0 Å². The van der Waals surface area contributed by atoms with Crippen molar-refractivity contribution in [1.29, 1.82) is 0 Å². The summed E-state index contributed by atoms with van der Waals surface area (Å²) >= 11 is 0. The normalized spacial score (nSPS) is 20.4. The van der Waals surface area contributed by atoms with Crippen LogP contribution in [0.4, 0.5) is 0 Å². The number of aliphatic hydroxyl groups excluding tert-OH is 4. The maximum Gasteiger partial charge on any atom is 0.306 e. The Morgan fingerprint density at radius 3 is 1.46 bits per heavy atom. The van der Waals surface area contributed by atoms with Crippen molar-refractivity contribution in [3.05, 3.63) is 72.9 Å². The van der Waals surface area contributed by atoms with Crippen molar-refractivity contribution >= 4 is 11.9 Å². The fourth-order valence-corrected chi connectivity index (χ4v) is 6.80. The molecule has 10 nitrogen and oxygen atoms in total. The van der Waals surface area contributed by atoms with Crippen LogP contribution in [-0.4, -0.2) is 89.0 Å². The standard InChI is InChI=1S/C51H86O10/c1-3-5-7-9-11-13-15-17-19-21-22-24-26-28-30-32-34-36-38-40-47(54)60-44(43-59-51-50(57)49(56)48(55)45(41-52)61-51)42-58-46(53)39-37-35-33-31-29-27-25-23-20-18-16-14-12-10-8-6-4-2/h5,7,11-14,17-20,22,24,44-45,48-52,55-57H,3-4,6,8-10,15-16,21,23,25-43H2,1-2H3/b7-5-,13-11-,14-12-,19-17-,20-18-,24-22-. The molecule has 4 N–H and O–H groups in total. The lowest BCUT2D eigenvalue weighted by Gasteiger charge is -2.39. The highest BCUT2D eigenvalue weighted by molar-refractivity contribution is 5.70. The van der Waals surface area contributed by atoms with Gasteiger partial charge in [-0.3, -0.25) is 9.59 Å². The number of allylic oxidation sites excluding steroid dienone is 12. The summed E-state index contributed by atoms with van der Waals surface area (Å²) in [5, 5.41) is 40.1. The largest absolute Gasteiger partial charge is 0.462 e. The van der Waals surface area contributed by atoms with Gasteiger partial charge in [-0.1, -0.05) is 157 Å². The molecule has 1 aliphatic heterocycles. The molecule has 0 amide bonds. The number of esters is 2. The molecule has 0 spiro atoms. The van der Waals surface area contributed by atoms with Crippen molar-refractivity contribution in [2.45, 2.75) is 218 Å². The minimum atomic E-state index is -1.60. The van der Waals surface area contributed by atoms with Gasteiger partial charge in [0, 0.05) is 12.8 Å². The summed E-state index contributed by atoms with van der Waals surface area (Å²) in [4.78, 5) is 25.4. The SMILES string of the molecule is CC/C=C\C/C=C\C/C=C\C/C=C\CCCCCCCCC(=O)OC(COC(=O)CCCCCCCCC/C=C\C/C=C\CCCCC)COC1OC(CO)C(O)C(O)C1O. The molecule has 10 heteroatoms. The third-order valence-electron chi connectivity index (χ3n) is 10.6. The molecular formula is C51H86O10. The Morgan fingerprint density at radius 1 is 0.525 bits per heavy atom. The highest BCUT2D eigenvalue weighted by Crippen LogP contribution is 2.22. The molecule has 1 fully saturated rings. The fraction of sp³-hybridized carbons (Fsp3) is 0.725. The zero-order valence-electron chi connectivity index (χ0n) is 38.1. The number of ether oxygens (including phenoxy) is 4. The molecule has 0 aromatic rings. The Labute approximate surface area is 370 Å². The molecule has 0 aliphatic carbocycles. The third kappa shape index (κ3) is 32.5. The lowest BCUT2D eigenvalue weighted by atomic mass is 9.99. The molecule has 1 aliphatic rings. The van der Waals surface area contributed by atoms with Gasteiger partial charge in [0.25, 0.3) is 0 Å². The number of aliphatic hydroxyl groups is 4. The Kier molecular flexibility index (Phi) is 37.9. The number of hydrogen-bond acceptors (Lipinski definition) is 10. The van der Waals surface area contributed by atoms with Gasteiger partial charge in [0.2, 0.25) is 0 Å². The van der Waals surface area contributed by atoms with Gasteiger partial charge in [-0.2, -0.15) is 0 Å². The number of rotatable bonds is 39. The van der Waals surface area contributed by atoms with Gasteiger partial charge >= 0.3 is 11.9 Å².